The van der Waals surface area contributed by atoms with E-state index in [1.165, 1.54) is 0 Å². The van der Waals surface area contributed by atoms with Gasteiger partial charge in [-0.15, -0.1) is 10.3 Å². The van der Waals surface area contributed by atoms with E-state index < -0.39 is 16.8 Å². The van der Waals surface area contributed by atoms with E-state index in [4.69, 9.17) is 0 Å². The molecule has 1 aliphatic rings. The van der Waals surface area contributed by atoms with Gasteiger partial charge in [-0.1, -0.05) is 0 Å². The van der Waals surface area contributed by atoms with Crippen molar-refractivity contribution < 1.29 is 10.3 Å². The van der Waals surface area contributed by atoms with E-state index in [0.717, 1.165) is 5.06 Å². The second kappa shape index (κ2) is 2.92. The Balaban J connectivity index is 3.03. The Kier molecular flexibility index (Phi) is 2.48. The first-order valence-electron chi connectivity index (χ1n) is 4.97. The Labute approximate surface area is 85.9 Å². The Morgan fingerprint density at radius 3 is 1.86 bits per heavy atom. The summed E-state index contributed by atoms with van der Waals surface area (Å²) < 4.78 is 0. The zero-order chi connectivity index (χ0) is 11.4. The molecule has 1 radical (unpaired) electrons. The summed E-state index contributed by atoms with van der Waals surface area (Å²) in [5.74, 6) is 0. The van der Waals surface area contributed by atoms with Gasteiger partial charge in [-0.25, -0.2) is 0 Å². The van der Waals surface area contributed by atoms with Crippen molar-refractivity contribution in [2.75, 3.05) is 0 Å². The molecule has 4 heteroatoms. The van der Waals surface area contributed by atoms with Crippen molar-refractivity contribution in [3.8, 4) is 0 Å². The van der Waals surface area contributed by atoms with Crippen LogP contribution >= 0.6 is 0 Å². The lowest BCUT2D eigenvalue weighted by Crippen LogP contribution is -2.55. The second-order valence-corrected chi connectivity index (χ2v) is 5.74. The van der Waals surface area contributed by atoms with Gasteiger partial charge in [0.25, 0.3) is 0 Å². The first-order valence-corrected chi connectivity index (χ1v) is 4.97. The van der Waals surface area contributed by atoms with Crippen LogP contribution in [-0.4, -0.2) is 33.0 Å². The van der Waals surface area contributed by atoms with Crippen LogP contribution in [0.25, 0.3) is 0 Å². The van der Waals surface area contributed by atoms with Crippen LogP contribution in [0.5, 0.6) is 0 Å². The van der Waals surface area contributed by atoms with Crippen molar-refractivity contribution in [3.05, 3.63) is 0 Å². The van der Waals surface area contributed by atoms with Gasteiger partial charge < -0.3 is 5.11 Å². The number of nitrogens with one attached hydrogen (secondary N) is 1. The van der Waals surface area contributed by atoms with Crippen molar-refractivity contribution in [1.82, 2.24) is 10.4 Å². The maximum Gasteiger partial charge on any atom is 0.0937 e. The van der Waals surface area contributed by atoms with Gasteiger partial charge in [-0.2, -0.15) is 0 Å². The molecule has 0 amide bonds. The summed E-state index contributed by atoms with van der Waals surface area (Å²) >= 11 is 0. The van der Waals surface area contributed by atoms with E-state index in [1.807, 2.05) is 27.7 Å². The van der Waals surface area contributed by atoms with Crippen LogP contribution in [0, 0.1) is 0 Å². The van der Waals surface area contributed by atoms with Crippen LogP contribution in [0.2, 0.25) is 0 Å². The predicted molar refractivity (Wildman–Crippen MR) is 53.9 cm³/mol. The molecular weight excluding hydrogens is 180 g/mol. The molecule has 83 valence electrons. The van der Waals surface area contributed by atoms with Gasteiger partial charge >= 0.3 is 0 Å². The largest absolute Gasteiger partial charge is 0.389 e. The molecule has 0 saturated carbocycles. The third kappa shape index (κ3) is 1.67. The highest BCUT2D eigenvalue weighted by atomic mass is 16.5. The molecule has 1 heterocycles. The topological polar surface area (TPSA) is 55.4 Å². The summed E-state index contributed by atoms with van der Waals surface area (Å²) in [4.78, 5) is 0. The fraction of sp³-hybridized carbons (Fsp3) is 1.00. The Morgan fingerprint density at radius 2 is 1.71 bits per heavy atom. The molecule has 0 bridgehead atoms. The van der Waals surface area contributed by atoms with Crippen LogP contribution in [0.3, 0.4) is 0 Å². The van der Waals surface area contributed by atoms with Crippen molar-refractivity contribution in [2.24, 2.45) is 0 Å². The average molecular weight is 201 g/mol. The molecule has 0 aromatic carbocycles. The van der Waals surface area contributed by atoms with Crippen LogP contribution in [0.1, 0.15) is 41.5 Å². The molecule has 1 fully saturated rings. The number of hydrogen-bond acceptors (Lipinski definition) is 3. The lowest BCUT2D eigenvalue weighted by Gasteiger charge is -2.36. The van der Waals surface area contributed by atoms with Crippen molar-refractivity contribution >= 4 is 0 Å². The zero-order valence-corrected chi connectivity index (χ0v) is 9.88. The molecule has 1 unspecified atom stereocenters. The predicted octanol–water partition coefficient (Wildman–Crippen LogP) is 0.891. The summed E-state index contributed by atoms with van der Waals surface area (Å²) in [6, 6.07) is -0.234. The highest BCUT2D eigenvalue weighted by Gasteiger charge is 2.56. The fourth-order valence-corrected chi connectivity index (χ4v) is 2.47. The number of aliphatic hydroxyl groups is 1. The standard InChI is InChI=1S/C10H21N2O2/c1-8(2)7(9(3,4)13)11-10(5,6)12(8)14/h7,11,13H,1-6H3. The van der Waals surface area contributed by atoms with E-state index in [9.17, 15) is 10.3 Å². The van der Waals surface area contributed by atoms with Gasteiger partial charge in [0.05, 0.1) is 22.8 Å². The van der Waals surface area contributed by atoms with E-state index in [1.54, 1.807) is 13.8 Å². The summed E-state index contributed by atoms with van der Waals surface area (Å²) in [6.45, 7) is 10.8. The van der Waals surface area contributed by atoms with Gasteiger partial charge in [0.1, 0.15) is 0 Å². The molecule has 1 aliphatic heterocycles. The summed E-state index contributed by atoms with van der Waals surface area (Å²) in [5.41, 5.74) is -2.12. The van der Waals surface area contributed by atoms with E-state index in [0.29, 0.717) is 0 Å². The van der Waals surface area contributed by atoms with Crippen molar-refractivity contribution in [2.45, 2.75) is 64.4 Å². The molecule has 0 spiro atoms. The van der Waals surface area contributed by atoms with Crippen LogP contribution in [-0.2, 0) is 5.21 Å². The molecule has 14 heavy (non-hydrogen) atoms. The summed E-state index contributed by atoms with van der Waals surface area (Å²) in [7, 11) is 0. The molecule has 4 nitrogen and oxygen atoms in total. The highest BCUT2D eigenvalue weighted by Crippen LogP contribution is 2.37. The Morgan fingerprint density at radius 1 is 1.29 bits per heavy atom. The van der Waals surface area contributed by atoms with Crippen LogP contribution in [0.15, 0.2) is 0 Å². The minimum absolute atomic E-state index is 0.234. The Hall–Kier alpha value is -0.160. The number of nitrogens with zero attached hydrogens (tertiary/aromatic N) is 1. The smallest absolute Gasteiger partial charge is 0.0937 e. The molecule has 2 N–H and O–H groups in total. The summed E-state index contributed by atoms with van der Waals surface area (Å²) in [5, 5.41) is 26.1. The third-order valence-corrected chi connectivity index (χ3v) is 2.94. The highest BCUT2D eigenvalue weighted by molar-refractivity contribution is 5.09. The molecular formula is C10H21N2O2. The first-order chi connectivity index (χ1) is 5.99. The van der Waals surface area contributed by atoms with Gasteiger partial charge in [0.15, 0.2) is 0 Å². The Bertz CT molecular complexity index is 231. The minimum Gasteiger partial charge on any atom is -0.389 e. The second-order valence-electron chi connectivity index (χ2n) is 5.74. The maximum absolute atomic E-state index is 11.9. The van der Waals surface area contributed by atoms with Crippen molar-refractivity contribution in [1.29, 1.82) is 0 Å². The third-order valence-electron chi connectivity index (χ3n) is 2.94. The summed E-state index contributed by atoms with van der Waals surface area (Å²) in [6.07, 6.45) is 0. The van der Waals surface area contributed by atoms with Gasteiger partial charge in [0.2, 0.25) is 0 Å². The molecule has 0 aliphatic carbocycles. The SMILES string of the molecule is CC(C)(O)C1NC(C)(C)N([O])C1(C)C. The van der Waals surface area contributed by atoms with Gasteiger partial charge in [-0.05, 0) is 41.5 Å². The number of rotatable bonds is 1. The minimum atomic E-state index is -0.903. The number of hydrogen-bond donors (Lipinski definition) is 2. The van der Waals surface area contributed by atoms with E-state index in [-0.39, 0.29) is 6.04 Å². The fourth-order valence-electron chi connectivity index (χ4n) is 2.47. The van der Waals surface area contributed by atoms with Gasteiger partial charge in [-0.3, -0.25) is 5.32 Å². The van der Waals surface area contributed by atoms with Crippen molar-refractivity contribution in [3.63, 3.8) is 0 Å². The normalized spacial score (nSPS) is 32.1. The number of hydroxylamine groups is 2. The average Bonchev–Trinajstić information content (AvgIpc) is 2.10. The monoisotopic (exact) mass is 201 g/mol. The van der Waals surface area contributed by atoms with Crippen LogP contribution in [0.4, 0.5) is 0 Å². The first kappa shape index (κ1) is 11.9. The molecule has 1 saturated heterocycles. The quantitative estimate of drug-likeness (QED) is 0.662. The van der Waals surface area contributed by atoms with E-state index >= 15 is 0 Å². The molecule has 0 aromatic heterocycles. The zero-order valence-electron chi connectivity index (χ0n) is 9.88. The van der Waals surface area contributed by atoms with Gasteiger partial charge in [0, 0.05) is 0 Å². The maximum atomic E-state index is 11.9. The molecule has 0 aromatic rings. The van der Waals surface area contributed by atoms with Crippen LogP contribution < -0.4 is 5.32 Å². The molecule has 1 rings (SSSR count). The van der Waals surface area contributed by atoms with E-state index in [2.05, 4.69) is 5.32 Å². The lowest BCUT2D eigenvalue weighted by molar-refractivity contribution is -0.250. The lowest BCUT2D eigenvalue weighted by atomic mass is 9.84. The molecule has 1 atom stereocenters.